The van der Waals surface area contributed by atoms with Gasteiger partial charge in [0, 0.05) is 12.5 Å². The van der Waals surface area contributed by atoms with E-state index >= 15 is 0 Å². The summed E-state index contributed by atoms with van der Waals surface area (Å²) in [6.07, 6.45) is -12.7. The maximum Gasteiger partial charge on any atom is 0.430 e. The topological polar surface area (TPSA) is 46.5 Å². The standard InChI is InChI=1S/C13H12F6O3/c1-7(22-8(2)20)9-3-5-10(6-4-9)11(21,12(14,15)16)13(17,18)19/h3-7,21H,1-2H3. The number of benzene rings is 1. The molecule has 0 amide bonds. The van der Waals surface area contributed by atoms with E-state index in [-0.39, 0.29) is 5.56 Å². The maximum absolute atomic E-state index is 12.7. The number of carbonyl (C=O) groups is 1. The Kier molecular flexibility index (Phi) is 4.81. The third-order valence-electron chi connectivity index (χ3n) is 2.96. The van der Waals surface area contributed by atoms with Crippen molar-refractivity contribution in [3.8, 4) is 0 Å². The summed E-state index contributed by atoms with van der Waals surface area (Å²) in [5.74, 6) is -0.654. The molecule has 0 aliphatic rings. The second-order valence-electron chi connectivity index (χ2n) is 4.58. The summed E-state index contributed by atoms with van der Waals surface area (Å²) >= 11 is 0. The summed E-state index contributed by atoms with van der Waals surface area (Å²) < 4.78 is 80.8. The van der Waals surface area contributed by atoms with E-state index in [1.54, 1.807) is 0 Å². The van der Waals surface area contributed by atoms with Gasteiger partial charge >= 0.3 is 18.3 Å². The second kappa shape index (κ2) is 5.79. The largest absolute Gasteiger partial charge is 0.458 e. The van der Waals surface area contributed by atoms with Crippen LogP contribution in [0.25, 0.3) is 0 Å². The van der Waals surface area contributed by atoms with Crippen molar-refractivity contribution < 1.29 is 41.0 Å². The highest BCUT2D eigenvalue weighted by atomic mass is 19.4. The number of alkyl halides is 6. The number of halogens is 6. The van der Waals surface area contributed by atoms with E-state index in [4.69, 9.17) is 4.74 Å². The summed E-state index contributed by atoms with van der Waals surface area (Å²) in [5.41, 5.74) is -6.15. The van der Waals surface area contributed by atoms with Crippen molar-refractivity contribution in [1.29, 1.82) is 0 Å². The van der Waals surface area contributed by atoms with Gasteiger partial charge in [-0.3, -0.25) is 4.79 Å². The van der Waals surface area contributed by atoms with E-state index in [0.29, 0.717) is 12.1 Å². The Bertz CT molecular complexity index is 518. The Labute approximate surface area is 121 Å². The van der Waals surface area contributed by atoms with Crippen LogP contribution < -0.4 is 0 Å². The van der Waals surface area contributed by atoms with Gasteiger partial charge in [-0.05, 0) is 12.5 Å². The van der Waals surface area contributed by atoms with Crippen LogP contribution in [0.1, 0.15) is 31.1 Å². The first-order valence-corrected chi connectivity index (χ1v) is 5.94. The van der Waals surface area contributed by atoms with Crippen molar-refractivity contribution in [1.82, 2.24) is 0 Å². The molecule has 124 valence electrons. The van der Waals surface area contributed by atoms with Crippen LogP contribution in [0, 0.1) is 0 Å². The van der Waals surface area contributed by atoms with Crippen LogP contribution in [-0.2, 0) is 15.1 Å². The molecule has 1 N–H and O–H groups in total. The Balaban J connectivity index is 3.23. The number of aliphatic hydroxyl groups is 1. The first kappa shape index (κ1) is 18.3. The zero-order valence-electron chi connectivity index (χ0n) is 11.4. The van der Waals surface area contributed by atoms with Crippen molar-refractivity contribution in [2.24, 2.45) is 0 Å². The number of hydrogen-bond acceptors (Lipinski definition) is 3. The Morgan fingerprint density at radius 1 is 1.05 bits per heavy atom. The summed E-state index contributed by atoms with van der Waals surface area (Å²) in [6.45, 7) is 2.51. The lowest BCUT2D eigenvalue weighted by atomic mass is 9.91. The predicted octanol–water partition coefficient (Wildman–Crippen LogP) is 3.62. The molecule has 9 heteroatoms. The molecule has 1 rings (SSSR count). The SMILES string of the molecule is CC(=O)OC(C)c1ccc(C(O)(C(F)(F)F)C(F)(F)F)cc1. The van der Waals surface area contributed by atoms with Gasteiger partial charge in [-0.15, -0.1) is 0 Å². The highest BCUT2D eigenvalue weighted by Crippen LogP contribution is 2.50. The zero-order valence-corrected chi connectivity index (χ0v) is 11.4. The molecular weight excluding hydrogens is 318 g/mol. The van der Waals surface area contributed by atoms with Gasteiger partial charge in [0.25, 0.3) is 5.60 Å². The fraction of sp³-hybridized carbons (Fsp3) is 0.462. The fourth-order valence-electron chi connectivity index (χ4n) is 1.80. The van der Waals surface area contributed by atoms with Crippen molar-refractivity contribution >= 4 is 5.97 Å². The number of carbonyl (C=O) groups excluding carboxylic acids is 1. The molecule has 0 fully saturated rings. The van der Waals surface area contributed by atoms with Gasteiger partial charge in [-0.1, -0.05) is 24.3 Å². The molecule has 0 spiro atoms. The first-order valence-electron chi connectivity index (χ1n) is 5.94. The second-order valence-corrected chi connectivity index (χ2v) is 4.58. The molecule has 22 heavy (non-hydrogen) atoms. The molecule has 1 unspecified atom stereocenters. The van der Waals surface area contributed by atoms with Crippen molar-refractivity contribution in [3.05, 3.63) is 35.4 Å². The monoisotopic (exact) mass is 330 g/mol. The van der Waals surface area contributed by atoms with Crippen LogP contribution in [0.4, 0.5) is 26.3 Å². The van der Waals surface area contributed by atoms with Crippen LogP contribution in [-0.4, -0.2) is 23.4 Å². The van der Waals surface area contributed by atoms with Gasteiger partial charge in [0.15, 0.2) is 0 Å². The Morgan fingerprint density at radius 2 is 1.45 bits per heavy atom. The molecule has 1 aromatic rings. The lowest BCUT2D eigenvalue weighted by molar-refractivity contribution is -0.376. The minimum atomic E-state index is -5.94. The molecule has 0 saturated heterocycles. The van der Waals surface area contributed by atoms with E-state index in [9.17, 15) is 36.2 Å². The van der Waals surface area contributed by atoms with E-state index in [2.05, 4.69) is 0 Å². The highest BCUT2D eigenvalue weighted by molar-refractivity contribution is 5.66. The number of rotatable bonds is 3. The molecule has 0 aromatic heterocycles. The summed E-state index contributed by atoms with van der Waals surface area (Å²) in [5, 5.41) is 9.20. The molecule has 0 radical (unpaired) electrons. The minimum Gasteiger partial charge on any atom is -0.458 e. The number of hydrogen-bond donors (Lipinski definition) is 1. The van der Waals surface area contributed by atoms with Gasteiger partial charge in [0.2, 0.25) is 0 Å². The lowest BCUT2D eigenvalue weighted by Crippen LogP contribution is -2.53. The summed E-state index contributed by atoms with van der Waals surface area (Å²) in [4.78, 5) is 10.8. The predicted molar refractivity (Wildman–Crippen MR) is 62.6 cm³/mol. The lowest BCUT2D eigenvalue weighted by Gasteiger charge is -2.32. The number of esters is 1. The van der Waals surface area contributed by atoms with E-state index < -0.39 is 35.6 Å². The van der Waals surface area contributed by atoms with Crippen LogP contribution in [0.2, 0.25) is 0 Å². The van der Waals surface area contributed by atoms with Gasteiger partial charge < -0.3 is 9.84 Å². The van der Waals surface area contributed by atoms with Gasteiger partial charge in [-0.2, -0.15) is 26.3 Å². The van der Waals surface area contributed by atoms with E-state index in [1.807, 2.05) is 0 Å². The Hall–Kier alpha value is -1.77. The van der Waals surface area contributed by atoms with Crippen LogP contribution in [0.3, 0.4) is 0 Å². The summed E-state index contributed by atoms with van der Waals surface area (Å²) in [7, 11) is 0. The Morgan fingerprint density at radius 3 is 1.77 bits per heavy atom. The molecule has 0 aliphatic heterocycles. The first-order chi connectivity index (χ1) is 9.80. The molecule has 1 aromatic carbocycles. The smallest absolute Gasteiger partial charge is 0.430 e. The van der Waals surface area contributed by atoms with Crippen molar-refractivity contribution in [2.45, 2.75) is 37.9 Å². The zero-order chi connectivity index (χ0) is 17.3. The molecule has 0 aliphatic carbocycles. The number of ether oxygens (including phenoxy) is 1. The van der Waals surface area contributed by atoms with Crippen molar-refractivity contribution in [2.75, 3.05) is 0 Å². The summed E-state index contributed by atoms with van der Waals surface area (Å²) in [6, 6.07) is 2.84. The molecule has 1 atom stereocenters. The molecule has 0 heterocycles. The van der Waals surface area contributed by atoms with Gasteiger partial charge in [0.05, 0.1) is 0 Å². The van der Waals surface area contributed by atoms with Crippen LogP contribution in [0.5, 0.6) is 0 Å². The maximum atomic E-state index is 12.7. The van der Waals surface area contributed by atoms with Crippen LogP contribution in [0.15, 0.2) is 24.3 Å². The molecule has 0 saturated carbocycles. The quantitative estimate of drug-likeness (QED) is 0.680. The molecular formula is C13H12F6O3. The minimum absolute atomic E-state index is 0.186. The highest BCUT2D eigenvalue weighted by Gasteiger charge is 2.71. The molecule has 0 bridgehead atoms. The van der Waals surface area contributed by atoms with E-state index in [0.717, 1.165) is 19.1 Å². The average molecular weight is 330 g/mol. The normalized spacial score (nSPS) is 14.6. The van der Waals surface area contributed by atoms with Gasteiger partial charge in [0.1, 0.15) is 6.10 Å². The average Bonchev–Trinajstić information content (AvgIpc) is 2.34. The third kappa shape index (κ3) is 3.34. The van der Waals surface area contributed by atoms with Crippen LogP contribution >= 0.6 is 0 Å². The van der Waals surface area contributed by atoms with E-state index in [1.165, 1.54) is 6.92 Å². The van der Waals surface area contributed by atoms with Gasteiger partial charge in [-0.25, -0.2) is 0 Å². The third-order valence-corrected chi connectivity index (χ3v) is 2.96. The molecule has 3 nitrogen and oxygen atoms in total. The fourth-order valence-corrected chi connectivity index (χ4v) is 1.80. The van der Waals surface area contributed by atoms with Crippen molar-refractivity contribution in [3.63, 3.8) is 0 Å².